The number of piperidine rings is 1. The van der Waals surface area contributed by atoms with Crippen LogP contribution in [0.15, 0.2) is 12.3 Å². The molecule has 1 aromatic heterocycles. The zero-order valence-corrected chi connectivity index (χ0v) is 12.2. The fourth-order valence-corrected chi connectivity index (χ4v) is 2.74. The Morgan fingerprint density at radius 3 is 2.45 bits per heavy atom. The Balaban J connectivity index is 2.07. The Hall–Kier alpha value is -1.57. The Labute approximate surface area is 129 Å². The number of nitrogens with zero attached hydrogens (tertiary/aromatic N) is 2. The van der Waals surface area contributed by atoms with E-state index in [1.165, 1.54) is 0 Å². The summed E-state index contributed by atoms with van der Waals surface area (Å²) in [4.78, 5) is 16.3. The number of alkyl halides is 4. The average Bonchev–Trinajstić information content (AvgIpc) is 2.45. The van der Waals surface area contributed by atoms with E-state index in [0.717, 1.165) is 6.07 Å². The zero-order valence-electron chi connectivity index (χ0n) is 11.4. The van der Waals surface area contributed by atoms with E-state index in [4.69, 9.17) is 17.3 Å². The molecule has 4 nitrogen and oxygen atoms in total. The summed E-state index contributed by atoms with van der Waals surface area (Å²) in [6.45, 7) is 0.687. The molecule has 0 aliphatic carbocycles. The van der Waals surface area contributed by atoms with E-state index in [2.05, 4.69) is 4.98 Å². The van der Waals surface area contributed by atoms with Crippen LogP contribution in [0.25, 0.3) is 0 Å². The summed E-state index contributed by atoms with van der Waals surface area (Å²) in [5, 5.41) is -0.111. The standard InChI is InChI=1S/C13H14ClF4N3O/c14-9-5-8(13(16,17)18)6-20-12(9)21-3-1-7(2-4-21)10(15)11(19)22/h5-7,10H,1-4H2,(H2,19,22)/t10-/m0/s1. The molecule has 2 rings (SSSR count). The van der Waals surface area contributed by atoms with Crippen molar-refractivity contribution in [1.82, 2.24) is 4.98 Å². The van der Waals surface area contributed by atoms with Gasteiger partial charge in [-0.2, -0.15) is 13.2 Å². The van der Waals surface area contributed by atoms with Crippen LogP contribution >= 0.6 is 11.6 Å². The summed E-state index contributed by atoms with van der Waals surface area (Å²) in [6.07, 6.45) is -4.80. The van der Waals surface area contributed by atoms with E-state index in [1.54, 1.807) is 4.90 Å². The number of nitrogens with two attached hydrogens (primary N) is 1. The van der Waals surface area contributed by atoms with Crippen LogP contribution in [0.1, 0.15) is 18.4 Å². The zero-order chi connectivity index (χ0) is 16.5. The van der Waals surface area contributed by atoms with Crippen LogP contribution < -0.4 is 10.6 Å². The van der Waals surface area contributed by atoms with Crippen molar-refractivity contribution in [2.24, 2.45) is 11.7 Å². The first-order valence-electron chi connectivity index (χ1n) is 6.61. The molecule has 0 saturated carbocycles. The summed E-state index contributed by atoms with van der Waals surface area (Å²) < 4.78 is 51.2. The molecule has 2 heterocycles. The first-order chi connectivity index (χ1) is 10.2. The molecule has 0 spiro atoms. The minimum Gasteiger partial charge on any atom is -0.367 e. The maximum absolute atomic E-state index is 13.5. The molecule has 2 N–H and O–H groups in total. The Morgan fingerprint density at radius 1 is 1.41 bits per heavy atom. The van der Waals surface area contributed by atoms with Crippen molar-refractivity contribution in [3.05, 3.63) is 22.8 Å². The van der Waals surface area contributed by atoms with Gasteiger partial charge in [-0.25, -0.2) is 9.37 Å². The number of pyridine rings is 1. The molecule has 0 aromatic carbocycles. The van der Waals surface area contributed by atoms with E-state index in [9.17, 15) is 22.4 Å². The van der Waals surface area contributed by atoms with Crippen LogP contribution in [0, 0.1) is 5.92 Å². The van der Waals surface area contributed by atoms with Gasteiger partial charge in [-0.15, -0.1) is 0 Å². The van der Waals surface area contributed by atoms with Crippen LogP contribution in [0.4, 0.5) is 23.4 Å². The molecule has 1 fully saturated rings. The molecule has 9 heteroatoms. The van der Waals surface area contributed by atoms with Crippen LogP contribution in [0.5, 0.6) is 0 Å². The second-order valence-corrected chi connectivity index (χ2v) is 5.56. The molecule has 1 aliphatic heterocycles. The fourth-order valence-electron chi connectivity index (χ4n) is 2.45. The van der Waals surface area contributed by atoms with Crippen molar-refractivity contribution in [1.29, 1.82) is 0 Å². The maximum Gasteiger partial charge on any atom is 0.417 e. The van der Waals surface area contributed by atoms with E-state index >= 15 is 0 Å². The van der Waals surface area contributed by atoms with Crippen LogP contribution in [-0.2, 0) is 11.0 Å². The summed E-state index contributed by atoms with van der Waals surface area (Å²) in [6, 6.07) is 0.817. The third-order valence-corrected chi connectivity index (χ3v) is 3.95. The number of rotatable bonds is 3. The Morgan fingerprint density at radius 2 is 2.00 bits per heavy atom. The lowest BCUT2D eigenvalue weighted by Crippen LogP contribution is -2.41. The highest BCUT2D eigenvalue weighted by molar-refractivity contribution is 6.33. The molecule has 122 valence electrons. The van der Waals surface area contributed by atoms with Gasteiger partial charge in [0.1, 0.15) is 5.82 Å². The number of hydrogen-bond acceptors (Lipinski definition) is 3. The fraction of sp³-hybridized carbons (Fsp3) is 0.538. The van der Waals surface area contributed by atoms with Gasteiger partial charge in [0.15, 0.2) is 6.17 Å². The number of hydrogen-bond donors (Lipinski definition) is 1. The number of anilines is 1. The van der Waals surface area contributed by atoms with Gasteiger partial charge < -0.3 is 10.6 Å². The summed E-state index contributed by atoms with van der Waals surface area (Å²) in [7, 11) is 0. The topological polar surface area (TPSA) is 59.2 Å². The van der Waals surface area contributed by atoms with Crippen LogP contribution in [0.3, 0.4) is 0 Å². The summed E-state index contributed by atoms with van der Waals surface area (Å²) >= 11 is 5.87. The largest absolute Gasteiger partial charge is 0.417 e. The highest BCUT2D eigenvalue weighted by atomic mass is 35.5. The van der Waals surface area contributed by atoms with Crippen molar-refractivity contribution >= 4 is 23.3 Å². The monoisotopic (exact) mass is 339 g/mol. The molecule has 1 aromatic rings. The molecule has 1 aliphatic rings. The second-order valence-electron chi connectivity index (χ2n) is 5.16. The number of primary amides is 1. The highest BCUT2D eigenvalue weighted by Gasteiger charge is 2.33. The van der Waals surface area contributed by atoms with E-state index in [-0.39, 0.29) is 10.8 Å². The third-order valence-electron chi connectivity index (χ3n) is 3.67. The Kier molecular flexibility index (Phi) is 4.79. The van der Waals surface area contributed by atoms with Gasteiger partial charge in [-0.05, 0) is 18.9 Å². The number of halogens is 5. The normalized spacial score (nSPS) is 18.3. The quantitative estimate of drug-likeness (QED) is 0.861. The van der Waals surface area contributed by atoms with Crippen molar-refractivity contribution in [3.63, 3.8) is 0 Å². The van der Waals surface area contributed by atoms with E-state index < -0.39 is 29.7 Å². The molecule has 0 unspecified atom stereocenters. The van der Waals surface area contributed by atoms with Crippen molar-refractivity contribution in [2.45, 2.75) is 25.2 Å². The van der Waals surface area contributed by atoms with Gasteiger partial charge in [-0.3, -0.25) is 4.79 Å². The lowest BCUT2D eigenvalue weighted by molar-refractivity contribution is -0.137. The predicted molar refractivity (Wildman–Crippen MR) is 73.3 cm³/mol. The molecule has 0 bridgehead atoms. The van der Waals surface area contributed by atoms with Gasteiger partial charge in [0.2, 0.25) is 0 Å². The van der Waals surface area contributed by atoms with Gasteiger partial charge >= 0.3 is 6.18 Å². The smallest absolute Gasteiger partial charge is 0.367 e. The number of carbonyl (C=O) groups excluding carboxylic acids is 1. The van der Waals surface area contributed by atoms with E-state index in [1.807, 2.05) is 0 Å². The van der Waals surface area contributed by atoms with Crippen molar-refractivity contribution < 1.29 is 22.4 Å². The highest BCUT2D eigenvalue weighted by Crippen LogP contribution is 2.35. The Bertz CT molecular complexity index is 559. The molecular weight excluding hydrogens is 326 g/mol. The minimum atomic E-state index is -4.51. The molecule has 1 saturated heterocycles. The van der Waals surface area contributed by atoms with Gasteiger partial charge in [0.05, 0.1) is 10.6 Å². The van der Waals surface area contributed by atoms with E-state index in [0.29, 0.717) is 32.1 Å². The lowest BCUT2D eigenvalue weighted by Gasteiger charge is -2.33. The average molecular weight is 340 g/mol. The lowest BCUT2D eigenvalue weighted by atomic mass is 9.92. The summed E-state index contributed by atoms with van der Waals surface area (Å²) in [5.41, 5.74) is 4.00. The van der Waals surface area contributed by atoms with Crippen molar-refractivity contribution in [2.75, 3.05) is 18.0 Å². The van der Waals surface area contributed by atoms with Gasteiger partial charge in [0.25, 0.3) is 5.91 Å². The molecule has 1 amide bonds. The third kappa shape index (κ3) is 3.60. The maximum atomic E-state index is 13.5. The second kappa shape index (κ2) is 6.28. The molecule has 1 atom stereocenters. The SMILES string of the molecule is NC(=O)[C@@H](F)C1CCN(c2ncc(C(F)(F)F)cc2Cl)CC1. The summed E-state index contributed by atoms with van der Waals surface area (Å²) in [5.74, 6) is -1.26. The molecular formula is C13H14ClF4N3O. The van der Waals surface area contributed by atoms with Gasteiger partial charge in [0, 0.05) is 25.2 Å². The van der Waals surface area contributed by atoms with Gasteiger partial charge in [-0.1, -0.05) is 11.6 Å². The van der Waals surface area contributed by atoms with Crippen LogP contribution in [-0.4, -0.2) is 30.2 Å². The number of aromatic nitrogens is 1. The first kappa shape index (κ1) is 16.8. The van der Waals surface area contributed by atoms with Crippen molar-refractivity contribution in [3.8, 4) is 0 Å². The number of carbonyl (C=O) groups is 1. The van der Waals surface area contributed by atoms with Crippen LogP contribution in [0.2, 0.25) is 5.02 Å². The minimum absolute atomic E-state index is 0.111. The predicted octanol–water partition coefficient (Wildman–Crippen LogP) is 2.79. The number of amides is 1. The molecule has 22 heavy (non-hydrogen) atoms. The molecule has 0 radical (unpaired) electrons. The first-order valence-corrected chi connectivity index (χ1v) is 6.99.